The van der Waals surface area contributed by atoms with Crippen molar-refractivity contribution in [2.75, 3.05) is 0 Å². The van der Waals surface area contributed by atoms with Crippen LogP contribution in [-0.2, 0) is 10.0 Å². The quantitative estimate of drug-likeness (QED) is 0.409. The zero-order valence-corrected chi connectivity index (χ0v) is 20.9. The van der Waals surface area contributed by atoms with E-state index in [0.717, 1.165) is 31.2 Å². The van der Waals surface area contributed by atoms with Crippen LogP contribution in [-0.4, -0.2) is 19.4 Å². The molecule has 166 valence electrons. The van der Waals surface area contributed by atoms with Crippen molar-refractivity contribution in [1.82, 2.24) is 9.71 Å². The number of thiophene rings is 1. The number of allylic oxidation sites excluding steroid dienone is 2. The maximum absolute atomic E-state index is 13.1. The van der Waals surface area contributed by atoms with Gasteiger partial charge in [0.2, 0.25) is 0 Å². The lowest BCUT2D eigenvalue weighted by Crippen LogP contribution is -2.40. The monoisotopic (exact) mass is 482 g/mol. The van der Waals surface area contributed by atoms with Crippen molar-refractivity contribution in [2.24, 2.45) is 5.92 Å². The fraction of sp³-hybridized carbons (Fsp3) is 0.240. The van der Waals surface area contributed by atoms with Gasteiger partial charge in [0.1, 0.15) is 4.21 Å². The first-order chi connectivity index (χ1) is 15.3. The van der Waals surface area contributed by atoms with Crippen molar-refractivity contribution in [1.29, 1.82) is 0 Å². The van der Waals surface area contributed by atoms with Gasteiger partial charge in [0.05, 0.1) is 11.6 Å². The number of fused-ring (bicyclic) bond motifs is 1. The molecule has 0 aliphatic heterocycles. The predicted octanol–water partition coefficient (Wildman–Crippen LogP) is 6.47. The van der Waals surface area contributed by atoms with Crippen molar-refractivity contribution >= 4 is 44.0 Å². The molecule has 2 heterocycles. The molecule has 4 nitrogen and oxygen atoms in total. The third-order valence-corrected chi connectivity index (χ3v) is 9.83. The summed E-state index contributed by atoms with van der Waals surface area (Å²) in [4.78, 5) is 7.65. The largest absolute Gasteiger partial charge is 0.255 e. The van der Waals surface area contributed by atoms with Crippen LogP contribution in [0.1, 0.15) is 25.6 Å². The fourth-order valence-electron chi connectivity index (χ4n) is 3.87. The number of thioether (sulfide) groups is 1. The van der Waals surface area contributed by atoms with E-state index in [0.29, 0.717) is 4.21 Å². The van der Waals surface area contributed by atoms with Crippen molar-refractivity contribution in [3.05, 3.63) is 87.8 Å². The minimum absolute atomic E-state index is 0.0363. The second kappa shape index (κ2) is 9.35. The zero-order valence-electron chi connectivity index (χ0n) is 18.5. The highest BCUT2D eigenvalue weighted by Gasteiger charge is 2.31. The third-order valence-electron chi connectivity index (χ3n) is 5.67. The molecule has 32 heavy (non-hydrogen) atoms. The van der Waals surface area contributed by atoms with Crippen molar-refractivity contribution in [3.8, 4) is 0 Å². The molecule has 1 aromatic carbocycles. The van der Waals surface area contributed by atoms with Gasteiger partial charge in [0.15, 0.2) is 0 Å². The Bertz CT molecular complexity index is 1350. The lowest BCUT2D eigenvalue weighted by Gasteiger charge is -2.31. The molecule has 2 unspecified atom stereocenters. The number of pyridine rings is 1. The number of aromatic nitrogens is 1. The number of sulfonamides is 1. The van der Waals surface area contributed by atoms with Crippen LogP contribution in [0.25, 0.3) is 10.9 Å². The Morgan fingerprint density at radius 2 is 1.88 bits per heavy atom. The van der Waals surface area contributed by atoms with Crippen LogP contribution in [0.5, 0.6) is 0 Å². The van der Waals surface area contributed by atoms with E-state index in [1.165, 1.54) is 16.9 Å². The Hall–Kier alpha value is -2.19. The van der Waals surface area contributed by atoms with Gasteiger partial charge < -0.3 is 0 Å². The summed E-state index contributed by atoms with van der Waals surface area (Å²) < 4.78 is 29.5. The first-order valence-corrected chi connectivity index (χ1v) is 13.5. The van der Waals surface area contributed by atoms with E-state index in [9.17, 15) is 8.42 Å². The number of para-hydroxylation sites is 1. The summed E-state index contributed by atoms with van der Waals surface area (Å²) in [7, 11) is -3.62. The molecule has 2 atom stereocenters. The molecular weight excluding hydrogens is 456 g/mol. The smallest absolute Gasteiger partial charge is 0.250 e. The summed E-state index contributed by atoms with van der Waals surface area (Å²) in [6, 6.07) is 13.3. The summed E-state index contributed by atoms with van der Waals surface area (Å²) in [5, 5.41) is 1.09. The summed E-state index contributed by atoms with van der Waals surface area (Å²) in [6.45, 7) is 8.07. The molecule has 0 radical (unpaired) electrons. The Balaban J connectivity index is 1.73. The van der Waals surface area contributed by atoms with Gasteiger partial charge >= 0.3 is 0 Å². The van der Waals surface area contributed by atoms with Crippen molar-refractivity contribution in [3.63, 3.8) is 0 Å². The van der Waals surface area contributed by atoms with Gasteiger partial charge in [0.25, 0.3) is 10.0 Å². The normalized spacial score (nSPS) is 19.7. The average molecular weight is 483 g/mol. The van der Waals surface area contributed by atoms with E-state index >= 15 is 0 Å². The summed E-state index contributed by atoms with van der Waals surface area (Å²) in [5.74, 6) is -0.0363. The Kier molecular flexibility index (Phi) is 6.72. The molecule has 0 bridgehead atoms. The summed E-state index contributed by atoms with van der Waals surface area (Å²) in [6.07, 6.45) is 7.91. The molecular formula is C25H26N2O2S3. The highest BCUT2D eigenvalue weighted by Crippen LogP contribution is 2.41. The minimum Gasteiger partial charge on any atom is -0.255 e. The Labute approximate surface area is 198 Å². The van der Waals surface area contributed by atoms with Crippen LogP contribution in [0, 0.1) is 12.8 Å². The Morgan fingerprint density at radius 1 is 1.09 bits per heavy atom. The molecule has 2 aromatic heterocycles. The predicted molar refractivity (Wildman–Crippen MR) is 136 cm³/mol. The molecule has 0 spiro atoms. The number of nitrogens with zero attached hydrogens (tertiary/aromatic N) is 1. The fourth-order valence-corrected chi connectivity index (χ4v) is 7.55. The number of hydrogen-bond donors (Lipinski definition) is 1. The molecule has 1 N–H and O–H groups in total. The SMILES string of the molecule is C/C=C\C1C(C)=C(C)C(Sc2cccc3cccnc23)=CC1NS(=O)(=O)c1ccc(C)s1. The lowest BCUT2D eigenvalue weighted by atomic mass is 9.85. The van der Waals surface area contributed by atoms with E-state index in [-0.39, 0.29) is 12.0 Å². The molecule has 0 fully saturated rings. The van der Waals surface area contributed by atoms with E-state index in [4.69, 9.17) is 0 Å². The van der Waals surface area contributed by atoms with Gasteiger partial charge in [0, 0.05) is 32.2 Å². The number of nitrogens with one attached hydrogen (secondary N) is 1. The molecule has 7 heteroatoms. The van der Waals surface area contributed by atoms with Crippen LogP contribution < -0.4 is 4.72 Å². The lowest BCUT2D eigenvalue weighted by molar-refractivity contribution is 0.543. The highest BCUT2D eigenvalue weighted by molar-refractivity contribution is 8.03. The van der Waals surface area contributed by atoms with E-state index in [1.807, 2.05) is 38.1 Å². The maximum atomic E-state index is 13.1. The number of benzene rings is 1. The highest BCUT2D eigenvalue weighted by atomic mass is 32.2. The third kappa shape index (κ3) is 4.62. The van der Waals surface area contributed by atoms with Crippen LogP contribution in [0.2, 0.25) is 0 Å². The summed E-state index contributed by atoms with van der Waals surface area (Å²) >= 11 is 2.93. The van der Waals surface area contributed by atoms with Gasteiger partial charge in [-0.25, -0.2) is 13.1 Å². The van der Waals surface area contributed by atoms with Crippen molar-refractivity contribution in [2.45, 2.75) is 42.8 Å². The second-order valence-corrected chi connectivity index (χ2v) is 12.1. The standard InChI is InChI=1S/C25H26N2O2S3/c1-5-8-20-17(3)18(4)23(31-22-11-6-9-19-10-7-14-26-25(19)22)15-21(20)27-32(28,29)24-13-12-16(2)30-24/h5-15,20-21,27H,1-4H3/b8-5-. The molecule has 1 aliphatic rings. The van der Waals surface area contributed by atoms with Gasteiger partial charge in [-0.3, -0.25) is 4.98 Å². The van der Waals surface area contributed by atoms with Crippen LogP contribution in [0.15, 0.2) is 92.0 Å². The first kappa shape index (κ1) is 23.0. The van der Waals surface area contributed by atoms with E-state index in [1.54, 1.807) is 24.0 Å². The molecule has 0 saturated heterocycles. The first-order valence-electron chi connectivity index (χ1n) is 10.4. The summed E-state index contributed by atoms with van der Waals surface area (Å²) in [5.41, 5.74) is 3.29. The van der Waals surface area contributed by atoms with Crippen molar-refractivity contribution < 1.29 is 8.42 Å². The number of rotatable bonds is 6. The van der Waals surface area contributed by atoms with Gasteiger partial charge in [-0.2, -0.15) is 0 Å². The molecule has 0 amide bonds. The van der Waals surface area contributed by atoms with E-state index < -0.39 is 10.0 Å². The van der Waals surface area contributed by atoms with Crippen LogP contribution >= 0.6 is 23.1 Å². The van der Waals surface area contributed by atoms with Gasteiger partial charge in [-0.05, 0) is 57.5 Å². The number of hydrogen-bond acceptors (Lipinski definition) is 5. The van der Waals surface area contributed by atoms with Crippen LogP contribution in [0.4, 0.5) is 0 Å². The topological polar surface area (TPSA) is 59.1 Å². The molecule has 0 saturated carbocycles. The van der Waals surface area contributed by atoms with Gasteiger partial charge in [-0.1, -0.05) is 53.8 Å². The number of aryl methyl sites for hydroxylation is 1. The van der Waals surface area contributed by atoms with E-state index in [2.05, 4.69) is 53.9 Å². The Morgan fingerprint density at radius 3 is 2.59 bits per heavy atom. The maximum Gasteiger partial charge on any atom is 0.250 e. The zero-order chi connectivity index (χ0) is 22.9. The molecule has 3 aromatic rings. The molecule has 1 aliphatic carbocycles. The van der Waals surface area contributed by atoms with Crippen LogP contribution in [0.3, 0.4) is 0 Å². The average Bonchev–Trinajstić information content (AvgIpc) is 3.22. The minimum atomic E-state index is -3.62. The second-order valence-electron chi connectivity index (χ2n) is 7.84. The van der Waals surface area contributed by atoms with Gasteiger partial charge in [-0.15, -0.1) is 11.3 Å². The molecule has 4 rings (SSSR count).